The maximum absolute atomic E-state index is 10.4. The number of benzene rings is 1. The molecule has 1 radical (unpaired) electrons. The maximum Gasteiger partial charge on any atom is 0.355 e. The lowest BCUT2D eigenvalue weighted by Crippen LogP contribution is -1.96. The van der Waals surface area contributed by atoms with Crippen LogP contribution >= 0.6 is 0 Å². The normalized spacial score (nSPS) is 10.6. The van der Waals surface area contributed by atoms with E-state index in [9.17, 15) is 18.3 Å². The number of unbranched alkanes of at least 4 members (excludes halogenated alkanes) is 5. The molecule has 119 valence electrons. The lowest BCUT2D eigenvalue weighted by Gasteiger charge is -1.96. The van der Waals surface area contributed by atoms with Crippen molar-refractivity contribution in [3.63, 3.8) is 0 Å². The van der Waals surface area contributed by atoms with Crippen LogP contribution in [0, 0.1) is 0 Å². The van der Waals surface area contributed by atoms with Gasteiger partial charge in [0.05, 0.1) is 11.3 Å². The fourth-order valence-corrected chi connectivity index (χ4v) is 2.14. The third-order valence-corrected chi connectivity index (χ3v) is 3.64. The Balaban J connectivity index is 0.000000382. The molecule has 0 atom stereocenters. The van der Waals surface area contributed by atoms with E-state index in [1.165, 1.54) is 37.8 Å². The number of carbonyl (C=O) groups excluding carboxylic acids is 1. The van der Waals surface area contributed by atoms with Gasteiger partial charge < -0.3 is 0 Å². The molecule has 0 saturated carbocycles. The highest BCUT2D eigenvalue weighted by Gasteiger charge is 2.05. The van der Waals surface area contributed by atoms with Crippen molar-refractivity contribution in [3.05, 3.63) is 30.3 Å². The fourth-order valence-electron chi connectivity index (χ4n) is 1.64. The SMILES string of the molecule is CCCCCCCCC([O])=O.O=S(=O)(O)c1ccccc1. The van der Waals surface area contributed by atoms with E-state index < -0.39 is 16.1 Å². The van der Waals surface area contributed by atoms with Crippen LogP contribution in [0.15, 0.2) is 35.2 Å². The number of carbonyl (C=O) groups is 1. The van der Waals surface area contributed by atoms with E-state index in [4.69, 9.17) is 4.55 Å². The summed E-state index contributed by atoms with van der Waals surface area (Å²) in [5.74, 6) is -0.916. The third-order valence-electron chi connectivity index (χ3n) is 2.78. The maximum atomic E-state index is 10.4. The van der Waals surface area contributed by atoms with E-state index in [2.05, 4.69) is 6.92 Å². The Hall–Kier alpha value is -1.40. The summed E-state index contributed by atoms with van der Waals surface area (Å²) in [5.41, 5.74) is 0. The summed E-state index contributed by atoms with van der Waals surface area (Å²) in [6.07, 6.45) is 6.96. The Bertz CT molecular complexity index is 482. The van der Waals surface area contributed by atoms with Gasteiger partial charge in [0.25, 0.3) is 10.1 Å². The first-order chi connectivity index (χ1) is 9.88. The Morgan fingerprint density at radius 2 is 1.52 bits per heavy atom. The summed E-state index contributed by atoms with van der Waals surface area (Å²) < 4.78 is 29.2. The fraction of sp³-hybridized carbons (Fsp3) is 0.533. The van der Waals surface area contributed by atoms with E-state index in [1.54, 1.807) is 18.2 Å². The zero-order valence-corrected chi connectivity index (χ0v) is 13.1. The Morgan fingerprint density at radius 3 is 1.95 bits per heavy atom. The van der Waals surface area contributed by atoms with Gasteiger partial charge in [-0.3, -0.25) is 4.55 Å². The molecule has 0 saturated heterocycles. The lowest BCUT2D eigenvalue weighted by atomic mass is 10.1. The van der Waals surface area contributed by atoms with Gasteiger partial charge in [0.15, 0.2) is 0 Å². The van der Waals surface area contributed by atoms with Crippen LogP contribution in [0.3, 0.4) is 0 Å². The molecule has 0 aliphatic heterocycles. The average molecular weight is 315 g/mol. The molecular formula is C15H23O5S. The molecule has 6 heteroatoms. The van der Waals surface area contributed by atoms with Gasteiger partial charge >= 0.3 is 5.97 Å². The van der Waals surface area contributed by atoms with Gasteiger partial charge in [-0.2, -0.15) is 8.42 Å². The van der Waals surface area contributed by atoms with Gasteiger partial charge in [-0.15, -0.1) is 0 Å². The van der Waals surface area contributed by atoms with Crippen LogP contribution in [0.1, 0.15) is 51.9 Å². The largest absolute Gasteiger partial charge is 0.355 e. The first kappa shape index (κ1) is 19.6. The lowest BCUT2D eigenvalue weighted by molar-refractivity contribution is -0.143. The Kier molecular flexibility index (Phi) is 10.5. The highest BCUT2D eigenvalue weighted by molar-refractivity contribution is 7.85. The molecule has 0 aromatic heterocycles. The minimum Gasteiger partial charge on any atom is -0.282 e. The zero-order valence-electron chi connectivity index (χ0n) is 12.3. The van der Waals surface area contributed by atoms with Crippen molar-refractivity contribution in [1.29, 1.82) is 0 Å². The van der Waals surface area contributed by atoms with E-state index >= 15 is 0 Å². The molecule has 21 heavy (non-hydrogen) atoms. The molecule has 5 nitrogen and oxygen atoms in total. The number of rotatable bonds is 8. The highest BCUT2D eigenvalue weighted by Crippen LogP contribution is 2.06. The molecule has 0 bridgehead atoms. The summed E-state index contributed by atoms with van der Waals surface area (Å²) in [5, 5.41) is 9.98. The van der Waals surface area contributed by atoms with Crippen LogP contribution < -0.4 is 0 Å². The molecule has 0 heterocycles. The van der Waals surface area contributed by atoms with Gasteiger partial charge in [-0.05, 0) is 18.6 Å². The van der Waals surface area contributed by atoms with E-state index in [-0.39, 0.29) is 11.3 Å². The van der Waals surface area contributed by atoms with Gasteiger partial charge in [-0.25, -0.2) is 9.90 Å². The molecule has 0 unspecified atom stereocenters. The van der Waals surface area contributed by atoms with Gasteiger partial charge in [0.2, 0.25) is 0 Å². The second-order valence-electron chi connectivity index (χ2n) is 4.68. The zero-order chi connectivity index (χ0) is 16.1. The monoisotopic (exact) mass is 315 g/mol. The molecule has 1 N–H and O–H groups in total. The molecular weight excluding hydrogens is 292 g/mol. The molecule has 0 aliphatic carbocycles. The second kappa shape index (κ2) is 11.3. The molecule has 0 fully saturated rings. The summed E-state index contributed by atoms with van der Waals surface area (Å²) in [6, 6.07) is 7.42. The second-order valence-corrected chi connectivity index (χ2v) is 6.10. The standard InChI is InChI=1S/C9H17O2.C6H6O3S/c1-2-3-4-5-6-7-8-9(10)11;7-10(8,9)6-4-2-1-3-5-6/h2-8H2,1H3;1-5H,(H,7,8,9). The smallest absolute Gasteiger partial charge is 0.282 e. The van der Waals surface area contributed by atoms with Crippen molar-refractivity contribution in [1.82, 2.24) is 0 Å². The quantitative estimate of drug-likeness (QED) is 0.585. The number of hydrogen-bond donors (Lipinski definition) is 1. The summed E-state index contributed by atoms with van der Waals surface area (Å²) in [7, 11) is -4.00. The predicted octanol–water partition coefficient (Wildman–Crippen LogP) is 3.63. The van der Waals surface area contributed by atoms with E-state index in [0.29, 0.717) is 0 Å². The first-order valence-corrected chi connectivity index (χ1v) is 8.54. The summed E-state index contributed by atoms with van der Waals surface area (Å²) in [6.45, 7) is 2.17. The van der Waals surface area contributed by atoms with Gasteiger partial charge in [0.1, 0.15) is 0 Å². The highest BCUT2D eigenvalue weighted by atomic mass is 32.2. The van der Waals surface area contributed by atoms with Crippen LogP contribution in [0.2, 0.25) is 0 Å². The minimum absolute atomic E-state index is 0.0741. The topological polar surface area (TPSA) is 91.3 Å². The van der Waals surface area contributed by atoms with E-state index in [0.717, 1.165) is 12.8 Å². The van der Waals surface area contributed by atoms with Crippen LogP contribution in [-0.2, 0) is 20.0 Å². The molecule has 0 amide bonds. The summed E-state index contributed by atoms with van der Waals surface area (Å²) >= 11 is 0. The average Bonchev–Trinajstić information content (AvgIpc) is 2.43. The Labute approximate surface area is 126 Å². The molecule has 0 spiro atoms. The molecule has 1 aromatic rings. The third kappa shape index (κ3) is 12.1. The number of hydrogen-bond acceptors (Lipinski definition) is 3. The van der Waals surface area contributed by atoms with E-state index in [1.807, 2.05) is 0 Å². The predicted molar refractivity (Wildman–Crippen MR) is 79.9 cm³/mol. The van der Waals surface area contributed by atoms with Crippen LogP contribution in [0.25, 0.3) is 0 Å². The van der Waals surface area contributed by atoms with Crippen LogP contribution in [-0.4, -0.2) is 18.9 Å². The van der Waals surface area contributed by atoms with Crippen LogP contribution in [0.5, 0.6) is 0 Å². The Morgan fingerprint density at radius 1 is 1.00 bits per heavy atom. The first-order valence-electron chi connectivity index (χ1n) is 7.10. The van der Waals surface area contributed by atoms with Crippen molar-refractivity contribution < 1.29 is 22.9 Å². The molecule has 1 aromatic carbocycles. The molecule has 0 aliphatic rings. The van der Waals surface area contributed by atoms with Crippen LogP contribution in [0.4, 0.5) is 0 Å². The van der Waals surface area contributed by atoms with Gasteiger partial charge in [-0.1, -0.05) is 57.2 Å². The minimum atomic E-state index is -4.00. The van der Waals surface area contributed by atoms with Crippen molar-refractivity contribution >= 4 is 16.1 Å². The molecule has 1 rings (SSSR count). The van der Waals surface area contributed by atoms with Gasteiger partial charge in [0, 0.05) is 0 Å². The van der Waals surface area contributed by atoms with Crippen molar-refractivity contribution in [2.75, 3.05) is 0 Å². The van der Waals surface area contributed by atoms with Crippen molar-refractivity contribution in [2.24, 2.45) is 0 Å². The van der Waals surface area contributed by atoms with Crippen molar-refractivity contribution in [3.8, 4) is 0 Å². The summed E-state index contributed by atoms with van der Waals surface area (Å²) in [4.78, 5) is 9.90. The van der Waals surface area contributed by atoms with Crippen molar-refractivity contribution in [2.45, 2.75) is 56.8 Å².